The minimum atomic E-state index is -1.16. The van der Waals surface area contributed by atoms with Gasteiger partial charge in [0.05, 0.1) is 0 Å². The first-order chi connectivity index (χ1) is 19.6. The number of nitrogens with zero attached hydrogens (tertiary/aromatic N) is 1. The van der Waals surface area contributed by atoms with Crippen molar-refractivity contribution in [1.29, 1.82) is 0 Å². The molecule has 224 valence electrons. The van der Waals surface area contributed by atoms with E-state index in [2.05, 4.69) is 5.32 Å². The lowest BCUT2D eigenvalue weighted by Gasteiger charge is -2.30. The Morgan fingerprint density at radius 3 is 1.54 bits per heavy atom. The maximum absolute atomic E-state index is 13.0. The Morgan fingerprint density at radius 1 is 0.732 bits per heavy atom. The minimum absolute atomic E-state index is 0.153. The molecule has 41 heavy (non-hydrogen) atoms. The van der Waals surface area contributed by atoms with Crippen molar-refractivity contribution in [2.45, 2.75) is 25.7 Å². The van der Waals surface area contributed by atoms with Crippen LogP contribution in [0.5, 0.6) is 0 Å². The monoisotopic (exact) mass is 580 g/mol. The van der Waals surface area contributed by atoms with Crippen LogP contribution in [0.2, 0.25) is 0 Å². The Morgan fingerprint density at radius 2 is 1.15 bits per heavy atom. The van der Waals surface area contributed by atoms with Crippen molar-refractivity contribution < 1.29 is 42.5 Å². The quantitative estimate of drug-likeness (QED) is 0.301. The summed E-state index contributed by atoms with van der Waals surface area (Å²) >= 11 is 0. The lowest BCUT2D eigenvalue weighted by molar-refractivity contribution is -0.131. The van der Waals surface area contributed by atoms with Crippen LogP contribution < -0.4 is 5.32 Å². The summed E-state index contributed by atoms with van der Waals surface area (Å²) in [6, 6.07) is 5.94. The van der Waals surface area contributed by atoms with Crippen LogP contribution in [0.15, 0.2) is 48.6 Å². The molecule has 0 atom stereocenters. The number of hydrogen-bond acceptors (Lipinski definition) is 5. The first kappa shape index (κ1) is 33.7. The van der Waals surface area contributed by atoms with Gasteiger partial charge in [0.25, 0.3) is 0 Å². The predicted molar refractivity (Wildman–Crippen MR) is 147 cm³/mol. The number of benzene rings is 2. The van der Waals surface area contributed by atoms with Crippen LogP contribution >= 0.6 is 0 Å². The third-order valence-corrected chi connectivity index (χ3v) is 6.51. The number of halogens is 4. The van der Waals surface area contributed by atoms with Crippen molar-refractivity contribution >= 4 is 24.0 Å². The average Bonchev–Trinajstić information content (AvgIpc) is 2.95. The van der Waals surface area contributed by atoms with Gasteiger partial charge in [-0.05, 0) is 98.2 Å². The summed E-state index contributed by atoms with van der Waals surface area (Å²) in [6.45, 7) is 3.91. The van der Waals surface area contributed by atoms with Gasteiger partial charge in [0, 0.05) is 50.6 Å². The molecule has 7 nitrogen and oxygen atoms in total. The molecule has 1 amide bonds. The van der Waals surface area contributed by atoms with Gasteiger partial charge in [0.2, 0.25) is 5.91 Å². The highest BCUT2D eigenvalue weighted by Crippen LogP contribution is 2.17. The predicted octanol–water partition coefficient (Wildman–Crippen LogP) is 4.25. The molecule has 0 spiro atoms. The first-order valence-electron chi connectivity index (χ1n) is 13.3. The number of hydrogen-bond donors (Lipinski definition) is 4. The van der Waals surface area contributed by atoms with Crippen LogP contribution in [0.3, 0.4) is 0 Å². The van der Waals surface area contributed by atoms with Gasteiger partial charge in [-0.1, -0.05) is 0 Å². The van der Waals surface area contributed by atoms with Crippen molar-refractivity contribution in [3.05, 3.63) is 82.9 Å². The molecule has 0 bridgehead atoms. The average molecular weight is 581 g/mol. The summed E-state index contributed by atoms with van der Waals surface area (Å²) in [6.07, 6.45) is 8.53. The SMILES string of the molecule is O=C(/C=C/c1cc(F)cc(F)c1)N1CCC(CO)CC1.O=C(O)/C=C/c1cc(F)cc(F)c1.OCC1CCNCC1. The largest absolute Gasteiger partial charge is 0.478 e. The molecule has 4 rings (SSSR count). The zero-order valence-electron chi connectivity index (χ0n) is 22.6. The van der Waals surface area contributed by atoms with E-state index in [1.54, 1.807) is 4.90 Å². The highest BCUT2D eigenvalue weighted by Gasteiger charge is 2.20. The molecule has 2 heterocycles. The molecule has 0 saturated carbocycles. The molecule has 0 unspecified atom stereocenters. The van der Waals surface area contributed by atoms with Crippen LogP contribution in [0, 0.1) is 35.1 Å². The molecule has 2 aliphatic rings. The Balaban J connectivity index is 0.000000239. The summed E-state index contributed by atoms with van der Waals surface area (Å²) in [5, 5.41) is 29.2. The van der Waals surface area contributed by atoms with Gasteiger partial charge in [0.15, 0.2) is 0 Å². The molecule has 2 fully saturated rings. The standard InChI is InChI=1S/C15H17F2NO2.C9H6F2O2.C6H13NO/c16-13-7-12(8-14(17)9-13)1-2-15(20)18-5-3-11(10-19)4-6-18;10-7-3-6(1-2-9(12)13)4-8(11)5-7;8-5-6-1-3-7-4-2-6/h1-2,7-9,11,19H,3-6,10H2;1-5H,(H,12,13);6-8H,1-5H2/b2*2-1+;. The van der Waals surface area contributed by atoms with E-state index in [9.17, 15) is 27.2 Å². The molecule has 4 N–H and O–H groups in total. The summed E-state index contributed by atoms with van der Waals surface area (Å²) in [7, 11) is 0. The highest BCUT2D eigenvalue weighted by atomic mass is 19.1. The second-order valence-electron chi connectivity index (χ2n) is 9.74. The number of piperidine rings is 2. The van der Waals surface area contributed by atoms with Gasteiger partial charge in [-0.2, -0.15) is 0 Å². The van der Waals surface area contributed by atoms with Gasteiger partial charge < -0.3 is 25.5 Å². The molecule has 2 saturated heterocycles. The molecule has 2 aromatic rings. The van der Waals surface area contributed by atoms with Gasteiger partial charge in [-0.25, -0.2) is 22.4 Å². The number of carbonyl (C=O) groups is 2. The van der Waals surface area contributed by atoms with Crippen LogP contribution in [-0.4, -0.2) is 71.5 Å². The van der Waals surface area contributed by atoms with Crippen molar-refractivity contribution in [2.75, 3.05) is 39.4 Å². The third kappa shape index (κ3) is 13.6. The Bertz CT molecular complexity index is 1140. The number of carboxylic acids is 1. The van der Waals surface area contributed by atoms with Gasteiger partial charge in [-0.3, -0.25) is 4.79 Å². The lowest BCUT2D eigenvalue weighted by atomic mass is 9.98. The van der Waals surface area contributed by atoms with E-state index in [4.69, 9.17) is 15.3 Å². The van der Waals surface area contributed by atoms with E-state index in [0.717, 1.165) is 75.2 Å². The zero-order valence-corrected chi connectivity index (χ0v) is 22.6. The van der Waals surface area contributed by atoms with E-state index < -0.39 is 29.2 Å². The van der Waals surface area contributed by atoms with E-state index in [1.165, 1.54) is 24.3 Å². The highest BCUT2D eigenvalue weighted by molar-refractivity contribution is 5.91. The van der Waals surface area contributed by atoms with E-state index in [1.807, 2.05) is 0 Å². The van der Waals surface area contributed by atoms with E-state index >= 15 is 0 Å². The number of aliphatic hydroxyl groups excluding tert-OH is 2. The number of aliphatic hydroxyl groups is 2. The molecule has 0 aliphatic carbocycles. The summed E-state index contributed by atoms with van der Waals surface area (Å²) in [5.41, 5.74) is 0.501. The maximum Gasteiger partial charge on any atom is 0.328 e. The van der Waals surface area contributed by atoms with E-state index in [-0.39, 0.29) is 24.0 Å². The summed E-state index contributed by atoms with van der Waals surface area (Å²) in [5.74, 6) is -3.29. The van der Waals surface area contributed by atoms with Gasteiger partial charge in [-0.15, -0.1) is 0 Å². The molecule has 11 heteroatoms. The number of nitrogens with one attached hydrogen (secondary N) is 1. The van der Waals surface area contributed by atoms with Crippen LogP contribution in [0.4, 0.5) is 17.6 Å². The number of rotatable bonds is 6. The Labute approximate surface area is 236 Å². The van der Waals surface area contributed by atoms with E-state index in [0.29, 0.717) is 31.2 Å². The van der Waals surface area contributed by atoms with Crippen LogP contribution in [0.1, 0.15) is 36.8 Å². The van der Waals surface area contributed by atoms with Crippen molar-refractivity contribution in [2.24, 2.45) is 11.8 Å². The number of carboxylic acid groups (broad SMARTS) is 1. The van der Waals surface area contributed by atoms with Crippen LogP contribution in [-0.2, 0) is 9.59 Å². The van der Waals surface area contributed by atoms with Crippen LogP contribution in [0.25, 0.3) is 12.2 Å². The molecular weight excluding hydrogens is 544 g/mol. The molecule has 2 aromatic carbocycles. The minimum Gasteiger partial charge on any atom is -0.478 e. The first-order valence-corrected chi connectivity index (χ1v) is 13.3. The summed E-state index contributed by atoms with van der Waals surface area (Å²) in [4.78, 5) is 23.7. The van der Waals surface area contributed by atoms with Gasteiger partial charge in [0.1, 0.15) is 23.3 Å². The van der Waals surface area contributed by atoms with Gasteiger partial charge >= 0.3 is 5.97 Å². The maximum atomic E-state index is 13.0. The molecule has 0 aromatic heterocycles. The number of carbonyl (C=O) groups excluding carboxylic acids is 1. The summed E-state index contributed by atoms with van der Waals surface area (Å²) < 4.78 is 51.1. The lowest BCUT2D eigenvalue weighted by Crippen LogP contribution is -2.38. The number of likely N-dealkylation sites (tertiary alicyclic amines) is 1. The topological polar surface area (TPSA) is 110 Å². The smallest absolute Gasteiger partial charge is 0.328 e. The fourth-order valence-electron chi connectivity index (χ4n) is 4.18. The number of amides is 1. The second kappa shape index (κ2) is 18.0. The third-order valence-electron chi connectivity index (χ3n) is 6.51. The zero-order chi connectivity index (χ0) is 30.2. The molecule has 2 aliphatic heterocycles. The second-order valence-corrected chi connectivity index (χ2v) is 9.74. The fraction of sp³-hybridized carbons (Fsp3) is 0.400. The molecule has 0 radical (unpaired) electrons. The van der Waals surface area contributed by atoms with Crippen molar-refractivity contribution in [1.82, 2.24) is 10.2 Å². The van der Waals surface area contributed by atoms with Crippen molar-refractivity contribution in [3.63, 3.8) is 0 Å². The number of aliphatic carboxylic acids is 1. The fourth-order valence-corrected chi connectivity index (χ4v) is 4.18. The molecular formula is C30H36F4N2O5. The Kier molecular flexibility index (Phi) is 14.8. The van der Waals surface area contributed by atoms with Crippen molar-refractivity contribution in [3.8, 4) is 0 Å². The normalized spacial score (nSPS) is 16.2. The Hall–Kier alpha value is -3.54.